The fraction of sp³-hybridized carbons (Fsp3) is 0.632. The van der Waals surface area contributed by atoms with Crippen LogP contribution in [0.5, 0.6) is 5.75 Å². The van der Waals surface area contributed by atoms with Crippen molar-refractivity contribution in [3.05, 3.63) is 29.0 Å². The summed E-state index contributed by atoms with van der Waals surface area (Å²) in [5.74, 6) is -0.172. The van der Waals surface area contributed by atoms with Crippen LogP contribution in [0.25, 0.3) is 0 Å². The highest BCUT2D eigenvalue weighted by Gasteiger charge is 2.22. The van der Waals surface area contributed by atoms with E-state index in [9.17, 15) is 9.18 Å². The number of hydrogen-bond acceptors (Lipinski definition) is 3. The number of halogens is 2. The first-order chi connectivity index (χ1) is 12.0. The van der Waals surface area contributed by atoms with Crippen LogP contribution in [-0.4, -0.2) is 54.5 Å². The van der Waals surface area contributed by atoms with Gasteiger partial charge in [0.15, 0.2) is 6.10 Å². The Bertz CT molecular complexity index is 562. The number of nitrogens with zero attached hydrogens (tertiary/aromatic N) is 2. The van der Waals surface area contributed by atoms with Gasteiger partial charge in [0, 0.05) is 19.6 Å². The largest absolute Gasteiger partial charge is 0.479 e. The van der Waals surface area contributed by atoms with Gasteiger partial charge in [0.1, 0.15) is 11.6 Å². The molecule has 0 unspecified atom stereocenters. The molecular formula is C19H28ClFN2O2. The molecule has 1 saturated heterocycles. The average Bonchev–Trinajstić information content (AvgIpc) is 2.86. The van der Waals surface area contributed by atoms with Gasteiger partial charge in [0.05, 0.1) is 5.02 Å². The maximum atomic E-state index is 13.1. The molecule has 1 aliphatic rings. The van der Waals surface area contributed by atoms with Crippen LogP contribution in [0.3, 0.4) is 0 Å². The second kappa shape index (κ2) is 9.97. The summed E-state index contributed by atoms with van der Waals surface area (Å²) in [5, 5.41) is 0.173. The van der Waals surface area contributed by atoms with E-state index in [0.29, 0.717) is 18.8 Å². The zero-order valence-electron chi connectivity index (χ0n) is 15.1. The molecule has 1 amide bonds. The Kier molecular flexibility index (Phi) is 7.97. The number of likely N-dealkylation sites (tertiary alicyclic amines) is 1. The maximum absolute atomic E-state index is 13.1. The third-order valence-corrected chi connectivity index (χ3v) is 4.92. The number of hydrogen-bond donors (Lipinski definition) is 0. The van der Waals surface area contributed by atoms with Crippen LogP contribution >= 0.6 is 11.6 Å². The summed E-state index contributed by atoms with van der Waals surface area (Å²) >= 11 is 5.97. The predicted octanol–water partition coefficient (Wildman–Crippen LogP) is 3.97. The third-order valence-electron chi connectivity index (χ3n) is 4.62. The molecule has 4 nitrogen and oxygen atoms in total. The third kappa shape index (κ3) is 6.15. The minimum atomic E-state index is -0.660. The van der Waals surface area contributed by atoms with Crippen molar-refractivity contribution in [1.29, 1.82) is 0 Å². The summed E-state index contributed by atoms with van der Waals surface area (Å²) in [4.78, 5) is 16.9. The molecule has 140 valence electrons. The van der Waals surface area contributed by atoms with Crippen molar-refractivity contribution >= 4 is 17.5 Å². The Morgan fingerprint density at radius 1 is 1.32 bits per heavy atom. The molecule has 1 fully saturated rings. The highest BCUT2D eigenvalue weighted by atomic mass is 35.5. The SMILES string of the molecule is CCN(CCN1CCCCCC1)C(=O)[C@@H](C)Oc1ccc(F)cc1Cl. The number of amides is 1. The monoisotopic (exact) mass is 370 g/mol. The van der Waals surface area contributed by atoms with E-state index in [0.717, 1.165) is 19.6 Å². The predicted molar refractivity (Wildman–Crippen MR) is 98.7 cm³/mol. The molecule has 0 aromatic heterocycles. The lowest BCUT2D eigenvalue weighted by atomic mass is 10.2. The highest BCUT2D eigenvalue weighted by Crippen LogP contribution is 2.26. The van der Waals surface area contributed by atoms with E-state index in [1.807, 2.05) is 11.8 Å². The van der Waals surface area contributed by atoms with Gasteiger partial charge in [0.2, 0.25) is 0 Å². The van der Waals surface area contributed by atoms with Crippen molar-refractivity contribution in [2.24, 2.45) is 0 Å². The standard InChI is InChI=1S/C19H28ClFN2O2/c1-3-23(13-12-22-10-6-4-5-7-11-22)19(24)15(2)25-18-9-8-16(21)14-17(18)20/h8-9,14-15H,3-7,10-13H2,1-2H3/t15-/m1/s1. The van der Waals surface area contributed by atoms with Crippen molar-refractivity contribution in [2.75, 3.05) is 32.7 Å². The zero-order chi connectivity index (χ0) is 18.2. The van der Waals surface area contributed by atoms with Crippen molar-refractivity contribution < 1.29 is 13.9 Å². The second-order valence-electron chi connectivity index (χ2n) is 6.51. The van der Waals surface area contributed by atoms with Crippen molar-refractivity contribution in [3.63, 3.8) is 0 Å². The number of benzene rings is 1. The van der Waals surface area contributed by atoms with Gasteiger partial charge in [-0.1, -0.05) is 24.4 Å². The normalized spacial score (nSPS) is 17.0. The summed E-state index contributed by atoms with van der Waals surface area (Å²) in [6.07, 6.45) is 4.42. The maximum Gasteiger partial charge on any atom is 0.263 e. The smallest absolute Gasteiger partial charge is 0.263 e. The van der Waals surface area contributed by atoms with E-state index in [4.69, 9.17) is 16.3 Å². The van der Waals surface area contributed by atoms with Gasteiger partial charge in [-0.15, -0.1) is 0 Å². The highest BCUT2D eigenvalue weighted by molar-refractivity contribution is 6.32. The van der Waals surface area contributed by atoms with Crippen molar-refractivity contribution in [3.8, 4) is 5.75 Å². The first-order valence-corrected chi connectivity index (χ1v) is 9.52. The van der Waals surface area contributed by atoms with E-state index >= 15 is 0 Å². The Labute approximate surface area is 154 Å². The molecule has 1 aromatic carbocycles. The molecule has 0 radical (unpaired) electrons. The Balaban J connectivity index is 1.88. The summed E-state index contributed by atoms with van der Waals surface area (Å²) in [6.45, 7) is 8.13. The van der Waals surface area contributed by atoms with Crippen LogP contribution < -0.4 is 4.74 Å². The number of rotatable bonds is 7. The van der Waals surface area contributed by atoms with Crippen LogP contribution in [0.4, 0.5) is 4.39 Å². The van der Waals surface area contributed by atoms with E-state index in [2.05, 4.69) is 4.90 Å². The molecule has 1 atom stereocenters. The van der Waals surface area contributed by atoms with Gasteiger partial charge in [-0.3, -0.25) is 4.79 Å². The van der Waals surface area contributed by atoms with Crippen molar-refractivity contribution in [2.45, 2.75) is 45.6 Å². The molecule has 1 aliphatic heterocycles. The molecule has 1 heterocycles. The fourth-order valence-corrected chi connectivity index (χ4v) is 3.33. The van der Waals surface area contributed by atoms with Crippen LogP contribution in [0.15, 0.2) is 18.2 Å². The van der Waals surface area contributed by atoms with Gasteiger partial charge in [-0.2, -0.15) is 0 Å². The summed E-state index contributed by atoms with van der Waals surface area (Å²) in [5.41, 5.74) is 0. The Hall–Kier alpha value is -1.33. The molecule has 0 saturated carbocycles. The lowest BCUT2D eigenvalue weighted by Gasteiger charge is -2.28. The van der Waals surface area contributed by atoms with Crippen LogP contribution in [0.1, 0.15) is 39.5 Å². The number of ether oxygens (including phenoxy) is 1. The van der Waals surface area contributed by atoms with Crippen LogP contribution in [0, 0.1) is 5.82 Å². The molecule has 25 heavy (non-hydrogen) atoms. The lowest BCUT2D eigenvalue weighted by molar-refractivity contribution is -0.138. The molecule has 0 bridgehead atoms. The summed E-state index contributed by atoms with van der Waals surface area (Å²) < 4.78 is 18.8. The number of likely N-dealkylation sites (N-methyl/N-ethyl adjacent to an activating group) is 1. The van der Waals surface area contributed by atoms with E-state index in [-0.39, 0.29) is 10.9 Å². The van der Waals surface area contributed by atoms with E-state index in [1.165, 1.54) is 43.9 Å². The second-order valence-corrected chi connectivity index (χ2v) is 6.92. The van der Waals surface area contributed by atoms with Crippen molar-refractivity contribution in [1.82, 2.24) is 9.80 Å². The topological polar surface area (TPSA) is 32.8 Å². The first-order valence-electron chi connectivity index (χ1n) is 9.14. The lowest BCUT2D eigenvalue weighted by Crippen LogP contribution is -2.44. The van der Waals surface area contributed by atoms with Crippen LogP contribution in [0.2, 0.25) is 5.02 Å². The minimum absolute atomic E-state index is 0.0716. The van der Waals surface area contributed by atoms with Crippen LogP contribution in [-0.2, 0) is 4.79 Å². The number of carbonyl (C=O) groups excluding carboxylic acids is 1. The Morgan fingerprint density at radius 2 is 2.00 bits per heavy atom. The van der Waals surface area contributed by atoms with Gasteiger partial charge in [-0.05, 0) is 58.0 Å². The molecule has 2 rings (SSSR count). The zero-order valence-corrected chi connectivity index (χ0v) is 15.9. The quantitative estimate of drug-likeness (QED) is 0.728. The summed E-state index contributed by atoms with van der Waals surface area (Å²) in [6, 6.07) is 3.91. The molecule has 0 N–H and O–H groups in total. The average molecular weight is 371 g/mol. The molecule has 6 heteroatoms. The Morgan fingerprint density at radius 3 is 2.60 bits per heavy atom. The molecule has 0 spiro atoms. The van der Waals surface area contributed by atoms with Gasteiger partial charge < -0.3 is 14.5 Å². The van der Waals surface area contributed by atoms with Gasteiger partial charge in [-0.25, -0.2) is 4.39 Å². The van der Waals surface area contributed by atoms with Gasteiger partial charge in [0.25, 0.3) is 5.91 Å². The summed E-state index contributed by atoms with van der Waals surface area (Å²) in [7, 11) is 0. The minimum Gasteiger partial charge on any atom is -0.479 e. The van der Waals surface area contributed by atoms with E-state index < -0.39 is 11.9 Å². The molecular weight excluding hydrogens is 343 g/mol. The fourth-order valence-electron chi connectivity index (χ4n) is 3.11. The number of carbonyl (C=O) groups is 1. The first kappa shape index (κ1) is 20.0. The molecule has 1 aromatic rings. The van der Waals surface area contributed by atoms with E-state index in [1.54, 1.807) is 6.92 Å². The van der Waals surface area contributed by atoms with Gasteiger partial charge >= 0.3 is 0 Å². The molecule has 0 aliphatic carbocycles.